The van der Waals surface area contributed by atoms with Crippen LogP contribution in [0.25, 0.3) is 0 Å². The predicted octanol–water partition coefficient (Wildman–Crippen LogP) is 4.00. The minimum Gasteiger partial charge on any atom is -0.355 e. The number of nitrogens with zero attached hydrogens (tertiary/aromatic N) is 2. The summed E-state index contributed by atoms with van der Waals surface area (Å²) in [5.74, 6) is -0.686. The third kappa shape index (κ3) is 7.56. The van der Waals surface area contributed by atoms with Crippen LogP contribution in [0.15, 0.2) is 48.5 Å². The van der Waals surface area contributed by atoms with Crippen LogP contribution in [-0.4, -0.2) is 50.5 Å². The highest BCUT2D eigenvalue weighted by molar-refractivity contribution is 7.92. The molecule has 35 heavy (non-hydrogen) atoms. The first kappa shape index (κ1) is 28.4. The summed E-state index contributed by atoms with van der Waals surface area (Å²) in [6, 6.07) is 14.2. The van der Waals surface area contributed by atoms with Gasteiger partial charge >= 0.3 is 0 Å². The van der Waals surface area contributed by atoms with Gasteiger partial charge in [-0.25, -0.2) is 8.42 Å². The summed E-state index contributed by atoms with van der Waals surface area (Å²) in [5.41, 5.74) is 3.29. The molecule has 0 aliphatic carbocycles. The molecule has 2 rings (SSSR count). The number of likely N-dealkylation sites (N-methyl/N-ethyl adjacent to an activating group) is 1. The van der Waals surface area contributed by atoms with E-state index >= 15 is 0 Å². The predicted molar refractivity (Wildman–Crippen MR) is 142 cm³/mol. The molecule has 0 radical (unpaired) electrons. The normalized spacial score (nSPS) is 12.7. The second-order valence-electron chi connectivity index (χ2n) is 9.83. The zero-order valence-corrected chi connectivity index (χ0v) is 22.8. The van der Waals surface area contributed by atoms with E-state index in [4.69, 9.17) is 0 Å². The largest absolute Gasteiger partial charge is 0.355 e. The number of rotatable bonds is 10. The molecule has 0 heterocycles. The molecule has 192 valence electrons. The lowest BCUT2D eigenvalue weighted by Crippen LogP contribution is -2.52. The van der Waals surface area contributed by atoms with Crippen LogP contribution in [0.5, 0.6) is 0 Å². The lowest BCUT2D eigenvalue weighted by molar-refractivity contribution is -0.140. The van der Waals surface area contributed by atoms with Crippen molar-refractivity contribution >= 4 is 27.5 Å². The van der Waals surface area contributed by atoms with E-state index < -0.39 is 28.5 Å². The van der Waals surface area contributed by atoms with Gasteiger partial charge in [0, 0.05) is 13.1 Å². The Morgan fingerprint density at radius 3 is 2.09 bits per heavy atom. The standard InChI is InChI=1S/C27H39N3O4S/c1-8-24(26(32)28-9-2)29(18-21-13-11-10-12-20(21)3)25(31)19-30(35(7,33)34)23-16-14-22(15-17-23)27(4,5)6/h10-17,24H,8-9,18-19H2,1-7H3,(H,28,32)/t24-/m0/s1. The van der Waals surface area contributed by atoms with Gasteiger partial charge in [0.25, 0.3) is 0 Å². The van der Waals surface area contributed by atoms with Gasteiger partial charge in [0.1, 0.15) is 12.6 Å². The van der Waals surface area contributed by atoms with Gasteiger partial charge in [-0.15, -0.1) is 0 Å². The fraction of sp³-hybridized carbons (Fsp3) is 0.481. The van der Waals surface area contributed by atoms with Crippen LogP contribution < -0.4 is 9.62 Å². The van der Waals surface area contributed by atoms with Crippen molar-refractivity contribution in [2.45, 2.75) is 66.0 Å². The van der Waals surface area contributed by atoms with Gasteiger partial charge in [0.05, 0.1) is 11.9 Å². The van der Waals surface area contributed by atoms with E-state index in [0.29, 0.717) is 18.7 Å². The fourth-order valence-electron chi connectivity index (χ4n) is 3.92. The van der Waals surface area contributed by atoms with E-state index in [1.54, 1.807) is 12.1 Å². The summed E-state index contributed by atoms with van der Waals surface area (Å²) >= 11 is 0. The van der Waals surface area contributed by atoms with Gasteiger partial charge in [-0.3, -0.25) is 13.9 Å². The summed E-state index contributed by atoms with van der Waals surface area (Å²) in [6.07, 6.45) is 1.49. The number of anilines is 1. The maximum absolute atomic E-state index is 13.7. The average molecular weight is 502 g/mol. The molecule has 0 aliphatic rings. The highest BCUT2D eigenvalue weighted by Gasteiger charge is 2.31. The maximum Gasteiger partial charge on any atom is 0.244 e. The van der Waals surface area contributed by atoms with E-state index in [1.807, 2.05) is 57.2 Å². The van der Waals surface area contributed by atoms with Gasteiger partial charge in [0.15, 0.2) is 0 Å². The summed E-state index contributed by atoms with van der Waals surface area (Å²) in [5, 5.41) is 2.80. The lowest BCUT2D eigenvalue weighted by Gasteiger charge is -2.33. The van der Waals surface area contributed by atoms with Gasteiger partial charge in [0.2, 0.25) is 21.8 Å². The molecule has 7 nitrogen and oxygen atoms in total. The fourth-order valence-corrected chi connectivity index (χ4v) is 4.77. The molecule has 2 aromatic rings. The van der Waals surface area contributed by atoms with Crippen molar-refractivity contribution in [3.8, 4) is 0 Å². The Kier molecular flexibility index (Phi) is 9.49. The van der Waals surface area contributed by atoms with Crippen molar-refractivity contribution in [3.63, 3.8) is 0 Å². The molecule has 1 atom stereocenters. The van der Waals surface area contributed by atoms with Crippen LogP contribution in [0.3, 0.4) is 0 Å². The number of sulfonamides is 1. The van der Waals surface area contributed by atoms with Crippen molar-refractivity contribution in [1.82, 2.24) is 10.2 Å². The first-order valence-electron chi connectivity index (χ1n) is 12.0. The summed E-state index contributed by atoms with van der Waals surface area (Å²) in [6.45, 7) is 12.1. The molecule has 0 saturated heterocycles. The zero-order valence-electron chi connectivity index (χ0n) is 22.0. The number of aryl methyl sites for hydroxylation is 1. The second kappa shape index (κ2) is 11.7. The van der Waals surface area contributed by atoms with E-state index in [9.17, 15) is 18.0 Å². The second-order valence-corrected chi connectivity index (χ2v) is 11.7. The average Bonchev–Trinajstić information content (AvgIpc) is 2.77. The molecule has 0 spiro atoms. The van der Waals surface area contributed by atoms with Crippen LogP contribution in [0, 0.1) is 6.92 Å². The number of carbonyl (C=O) groups is 2. The molecule has 2 amide bonds. The number of carbonyl (C=O) groups excluding carboxylic acids is 2. The lowest BCUT2D eigenvalue weighted by atomic mass is 9.87. The quantitative estimate of drug-likeness (QED) is 0.533. The summed E-state index contributed by atoms with van der Waals surface area (Å²) < 4.78 is 26.6. The van der Waals surface area contributed by atoms with Crippen LogP contribution in [0.1, 0.15) is 57.7 Å². The maximum atomic E-state index is 13.7. The molecule has 0 saturated carbocycles. The molecular weight excluding hydrogens is 462 g/mol. The van der Waals surface area contributed by atoms with Crippen molar-refractivity contribution in [2.75, 3.05) is 23.7 Å². The third-order valence-corrected chi connectivity index (χ3v) is 7.18. The molecule has 1 N–H and O–H groups in total. The Morgan fingerprint density at radius 1 is 1.00 bits per heavy atom. The van der Waals surface area contributed by atoms with E-state index in [0.717, 1.165) is 27.3 Å². The summed E-state index contributed by atoms with van der Waals surface area (Å²) in [7, 11) is -3.75. The molecule has 0 aromatic heterocycles. The number of hydrogen-bond acceptors (Lipinski definition) is 4. The zero-order chi connectivity index (χ0) is 26.4. The topological polar surface area (TPSA) is 86.8 Å². The molecule has 8 heteroatoms. The highest BCUT2D eigenvalue weighted by atomic mass is 32.2. The Bertz CT molecular complexity index is 1120. The first-order valence-corrected chi connectivity index (χ1v) is 13.8. The van der Waals surface area contributed by atoms with Crippen molar-refractivity contribution in [1.29, 1.82) is 0 Å². The number of amides is 2. The number of nitrogens with one attached hydrogen (secondary N) is 1. The van der Waals surface area contributed by atoms with Crippen LogP contribution in [0.4, 0.5) is 5.69 Å². The molecular formula is C27H39N3O4S. The smallest absolute Gasteiger partial charge is 0.244 e. The molecule has 0 fully saturated rings. The van der Waals surface area contributed by atoms with Gasteiger partial charge in [-0.2, -0.15) is 0 Å². The van der Waals surface area contributed by atoms with E-state index in [1.165, 1.54) is 4.90 Å². The Hall–Kier alpha value is -2.87. The SMILES string of the molecule is CCNC(=O)[C@H](CC)N(Cc1ccccc1C)C(=O)CN(c1ccc(C(C)(C)C)cc1)S(C)(=O)=O. The van der Waals surface area contributed by atoms with Crippen molar-refractivity contribution in [2.24, 2.45) is 0 Å². The Labute approximate surface area is 210 Å². The van der Waals surface area contributed by atoms with Gasteiger partial charge in [-0.05, 0) is 54.5 Å². The Balaban J connectivity index is 2.45. The molecule has 2 aromatic carbocycles. The summed E-state index contributed by atoms with van der Waals surface area (Å²) in [4.78, 5) is 28.0. The first-order chi connectivity index (χ1) is 16.3. The Morgan fingerprint density at radius 2 is 1.60 bits per heavy atom. The minimum absolute atomic E-state index is 0.0877. The number of hydrogen-bond donors (Lipinski definition) is 1. The van der Waals surface area contributed by atoms with Crippen molar-refractivity contribution < 1.29 is 18.0 Å². The van der Waals surface area contributed by atoms with Crippen molar-refractivity contribution in [3.05, 3.63) is 65.2 Å². The van der Waals surface area contributed by atoms with Crippen LogP contribution in [0.2, 0.25) is 0 Å². The highest BCUT2D eigenvalue weighted by Crippen LogP contribution is 2.26. The van der Waals surface area contributed by atoms with Gasteiger partial charge in [-0.1, -0.05) is 64.1 Å². The molecule has 0 unspecified atom stereocenters. The molecule has 0 bridgehead atoms. The van der Waals surface area contributed by atoms with Gasteiger partial charge < -0.3 is 10.2 Å². The molecule has 0 aliphatic heterocycles. The van der Waals surface area contributed by atoms with Crippen LogP contribution >= 0.6 is 0 Å². The van der Waals surface area contributed by atoms with E-state index in [2.05, 4.69) is 26.1 Å². The minimum atomic E-state index is -3.75. The van der Waals surface area contributed by atoms with E-state index in [-0.39, 0.29) is 17.9 Å². The number of benzene rings is 2. The van der Waals surface area contributed by atoms with Crippen LogP contribution in [-0.2, 0) is 31.6 Å². The monoisotopic (exact) mass is 501 g/mol. The third-order valence-electron chi connectivity index (χ3n) is 6.04.